The van der Waals surface area contributed by atoms with E-state index in [0.29, 0.717) is 18.8 Å². The second-order valence-electron chi connectivity index (χ2n) is 6.06. The number of benzene rings is 1. The molecule has 1 aromatic carbocycles. The maximum absolute atomic E-state index is 11.5. The smallest absolute Gasteiger partial charge is 0.459 e. The lowest BCUT2D eigenvalue weighted by molar-refractivity contribution is -0.172. The SMILES string of the molecule is CCCCCCCCC(COCC)(Oc1ccccc1)OP(=O)(O)O. The summed E-state index contributed by atoms with van der Waals surface area (Å²) in [5, 5.41) is 0. The van der Waals surface area contributed by atoms with Crippen LogP contribution in [0, 0.1) is 0 Å². The molecule has 25 heavy (non-hydrogen) atoms. The summed E-state index contributed by atoms with van der Waals surface area (Å²) >= 11 is 0. The van der Waals surface area contributed by atoms with Crippen LogP contribution in [0.3, 0.4) is 0 Å². The molecule has 1 rings (SSSR count). The van der Waals surface area contributed by atoms with Gasteiger partial charge < -0.3 is 19.3 Å². The van der Waals surface area contributed by atoms with Crippen molar-refractivity contribution in [2.45, 2.75) is 64.6 Å². The van der Waals surface area contributed by atoms with Crippen LogP contribution in [0.25, 0.3) is 0 Å². The lowest BCUT2D eigenvalue weighted by Gasteiger charge is -2.33. The number of hydrogen-bond donors (Lipinski definition) is 2. The molecule has 0 radical (unpaired) electrons. The predicted octanol–water partition coefficient (Wildman–Crippen LogP) is 4.66. The summed E-state index contributed by atoms with van der Waals surface area (Å²) in [4.78, 5) is 18.7. The van der Waals surface area contributed by atoms with Crippen molar-refractivity contribution in [3.05, 3.63) is 30.3 Å². The summed E-state index contributed by atoms with van der Waals surface area (Å²) in [6, 6.07) is 8.89. The molecule has 1 atom stereocenters. The van der Waals surface area contributed by atoms with E-state index >= 15 is 0 Å². The third-order valence-electron chi connectivity index (χ3n) is 3.77. The number of unbranched alkanes of at least 4 members (excludes halogenated alkanes) is 5. The predicted molar refractivity (Wildman–Crippen MR) is 97.4 cm³/mol. The Balaban J connectivity index is 2.81. The highest BCUT2D eigenvalue weighted by molar-refractivity contribution is 7.46. The van der Waals surface area contributed by atoms with E-state index in [9.17, 15) is 14.4 Å². The fourth-order valence-electron chi connectivity index (χ4n) is 2.60. The van der Waals surface area contributed by atoms with Crippen molar-refractivity contribution >= 4 is 7.82 Å². The van der Waals surface area contributed by atoms with E-state index in [4.69, 9.17) is 14.0 Å². The Morgan fingerprint density at radius 2 is 1.64 bits per heavy atom. The Hall–Kier alpha value is -0.910. The number of para-hydroxylation sites is 1. The van der Waals surface area contributed by atoms with E-state index < -0.39 is 13.6 Å². The lowest BCUT2D eigenvalue weighted by Crippen LogP contribution is -2.43. The molecule has 1 unspecified atom stereocenters. The Morgan fingerprint density at radius 3 is 2.24 bits per heavy atom. The third kappa shape index (κ3) is 9.97. The maximum Gasteiger partial charge on any atom is 0.473 e. The van der Waals surface area contributed by atoms with Crippen LogP contribution >= 0.6 is 7.82 Å². The quantitative estimate of drug-likeness (QED) is 0.280. The first kappa shape index (κ1) is 22.1. The van der Waals surface area contributed by atoms with E-state index in [1.54, 1.807) is 24.3 Å². The van der Waals surface area contributed by atoms with Gasteiger partial charge in [-0.15, -0.1) is 0 Å². The number of hydrogen-bond acceptors (Lipinski definition) is 4. The first-order valence-corrected chi connectivity index (χ1v) is 10.5. The Kier molecular flexibility index (Phi) is 10.3. The molecule has 0 saturated carbocycles. The van der Waals surface area contributed by atoms with Gasteiger partial charge >= 0.3 is 7.82 Å². The molecule has 0 aliphatic carbocycles. The molecule has 0 fully saturated rings. The molecule has 0 heterocycles. The molecular weight excluding hydrogens is 343 g/mol. The molecule has 0 bridgehead atoms. The highest BCUT2D eigenvalue weighted by Gasteiger charge is 2.40. The minimum absolute atomic E-state index is 0.0432. The van der Waals surface area contributed by atoms with Crippen molar-refractivity contribution in [3.8, 4) is 5.75 Å². The zero-order valence-corrected chi connectivity index (χ0v) is 16.1. The van der Waals surface area contributed by atoms with Gasteiger partial charge in [-0.3, -0.25) is 0 Å². The second kappa shape index (κ2) is 11.7. The molecule has 0 aliphatic heterocycles. The van der Waals surface area contributed by atoms with Gasteiger partial charge in [-0.05, 0) is 25.5 Å². The van der Waals surface area contributed by atoms with Crippen LogP contribution in [0.5, 0.6) is 5.75 Å². The molecular formula is C18H31O6P. The summed E-state index contributed by atoms with van der Waals surface area (Å²) in [7, 11) is -4.74. The molecule has 0 aromatic heterocycles. The Morgan fingerprint density at radius 1 is 1.00 bits per heavy atom. The Bertz CT molecular complexity index is 504. The van der Waals surface area contributed by atoms with Crippen molar-refractivity contribution in [1.29, 1.82) is 0 Å². The molecule has 7 heteroatoms. The summed E-state index contributed by atoms with van der Waals surface area (Å²) in [6.45, 7) is 4.34. The number of phosphoric ester groups is 1. The van der Waals surface area contributed by atoms with Crippen molar-refractivity contribution in [3.63, 3.8) is 0 Å². The van der Waals surface area contributed by atoms with Gasteiger partial charge in [-0.2, -0.15) is 0 Å². The molecule has 0 aliphatic rings. The van der Waals surface area contributed by atoms with Crippen LogP contribution in [0.15, 0.2) is 30.3 Å². The van der Waals surface area contributed by atoms with Gasteiger partial charge in [0.15, 0.2) is 0 Å². The van der Waals surface area contributed by atoms with Gasteiger partial charge in [0.1, 0.15) is 12.4 Å². The molecule has 0 amide bonds. The molecule has 0 spiro atoms. The second-order valence-corrected chi connectivity index (χ2v) is 7.23. The summed E-state index contributed by atoms with van der Waals surface area (Å²) in [6.07, 6.45) is 6.66. The van der Waals surface area contributed by atoms with E-state index in [2.05, 4.69) is 6.92 Å². The van der Waals surface area contributed by atoms with Crippen molar-refractivity contribution in [2.75, 3.05) is 13.2 Å². The normalized spacial score (nSPS) is 14.2. The monoisotopic (exact) mass is 374 g/mol. The van der Waals surface area contributed by atoms with Crippen molar-refractivity contribution in [1.82, 2.24) is 0 Å². The summed E-state index contributed by atoms with van der Waals surface area (Å²) < 4.78 is 27.9. The minimum Gasteiger partial charge on any atom is -0.459 e. The summed E-state index contributed by atoms with van der Waals surface area (Å²) in [5.74, 6) is -1.01. The standard InChI is InChI=1S/C18H31O6P/c1-3-5-6-7-8-12-15-18(16-22-4-2,24-25(19,20)21)23-17-13-10-9-11-14-17/h9-11,13-14H,3-8,12,15-16H2,1-2H3,(H2,19,20,21). The van der Waals surface area contributed by atoms with Crippen LogP contribution in [-0.4, -0.2) is 28.8 Å². The van der Waals surface area contributed by atoms with Crippen LogP contribution in [-0.2, 0) is 13.8 Å². The molecule has 1 aromatic rings. The van der Waals surface area contributed by atoms with Crippen molar-refractivity contribution in [2.24, 2.45) is 0 Å². The lowest BCUT2D eigenvalue weighted by atomic mass is 10.1. The van der Waals surface area contributed by atoms with Crippen LogP contribution in [0.1, 0.15) is 58.8 Å². The highest BCUT2D eigenvalue weighted by Crippen LogP contribution is 2.44. The molecule has 0 saturated heterocycles. The molecule has 144 valence electrons. The van der Waals surface area contributed by atoms with Gasteiger partial charge in [0.25, 0.3) is 0 Å². The van der Waals surface area contributed by atoms with Crippen LogP contribution in [0.2, 0.25) is 0 Å². The third-order valence-corrected chi connectivity index (χ3v) is 4.34. The largest absolute Gasteiger partial charge is 0.473 e. The van der Waals surface area contributed by atoms with E-state index in [1.165, 1.54) is 12.8 Å². The zero-order chi connectivity index (χ0) is 18.6. The van der Waals surface area contributed by atoms with E-state index in [0.717, 1.165) is 25.7 Å². The average Bonchev–Trinajstić information content (AvgIpc) is 2.56. The fourth-order valence-corrected chi connectivity index (χ4v) is 3.21. The summed E-state index contributed by atoms with van der Waals surface area (Å²) in [5.41, 5.74) is 0. The topological polar surface area (TPSA) is 85.2 Å². The maximum atomic E-state index is 11.5. The van der Waals surface area contributed by atoms with Crippen LogP contribution < -0.4 is 4.74 Å². The molecule has 6 nitrogen and oxygen atoms in total. The van der Waals surface area contributed by atoms with Crippen LogP contribution in [0.4, 0.5) is 0 Å². The average molecular weight is 374 g/mol. The zero-order valence-electron chi connectivity index (χ0n) is 15.2. The first-order chi connectivity index (χ1) is 11.9. The van der Waals surface area contributed by atoms with Gasteiger partial charge in [-0.1, -0.05) is 57.2 Å². The minimum atomic E-state index is -4.74. The number of rotatable bonds is 14. The van der Waals surface area contributed by atoms with Gasteiger partial charge in [-0.25, -0.2) is 9.09 Å². The van der Waals surface area contributed by atoms with E-state index in [-0.39, 0.29) is 6.61 Å². The molecule has 2 N–H and O–H groups in total. The van der Waals surface area contributed by atoms with Crippen molar-refractivity contribution < 1.29 is 28.3 Å². The van der Waals surface area contributed by atoms with Gasteiger partial charge in [0.2, 0.25) is 5.79 Å². The Labute approximate surface area is 150 Å². The number of ether oxygens (including phenoxy) is 2. The number of phosphoric acid groups is 1. The van der Waals surface area contributed by atoms with E-state index in [1.807, 2.05) is 13.0 Å². The first-order valence-electron chi connectivity index (χ1n) is 8.99. The van der Waals surface area contributed by atoms with Gasteiger partial charge in [0, 0.05) is 13.0 Å². The fraction of sp³-hybridized carbons (Fsp3) is 0.667. The van der Waals surface area contributed by atoms with Gasteiger partial charge in [0.05, 0.1) is 0 Å². The highest BCUT2D eigenvalue weighted by atomic mass is 31.2.